The molecule has 0 aromatic carbocycles. The van der Waals surface area contributed by atoms with Gasteiger partial charge in [-0.25, -0.2) is 9.59 Å². The van der Waals surface area contributed by atoms with E-state index in [1.54, 1.807) is 6.92 Å². The van der Waals surface area contributed by atoms with Crippen LogP contribution in [0.25, 0.3) is 0 Å². The van der Waals surface area contributed by atoms with Gasteiger partial charge in [0, 0.05) is 6.54 Å². The Kier molecular flexibility index (Phi) is 3.98. The molecule has 0 spiro atoms. The zero-order valence-corrected chi connectivity index (χ0v) is 8.62. The van der Waals surface area contributed by atoms with Gasteiger partial charge in [0.05, 0.1) is 6.54 Å². The minimum Gasteiger partial charge on any atom is -0.480 e. The summed E-state index contributed by atoms with van der Waals surface area (Å²) in [6.45, 7) is 2.45. The highest BCUT2D eigenvalue weighted by Crippen LogP contribution is 2.16. The van der Waals surface area contributed by atoms with Gasteiger partial charge in [-0.15, -0.1) is 5.92 Å². The average Bonchev–Trinajstić information content (AvgIpc) is 2.66. The van der Waals surface area contributed by atoms with Crippen molar-refractivity contribution < 1.29 is 14.7 Å². The first-order valence-electron chi connectivity index (χ1n) is 4.83. The van der Waals surface area contributed by atoms with E-state index in [-0.39, 0.29) is 12.6 Å². The van der Waals surface area contributed by atoms with E-state index < -0.39 is 12.0 Å². The van der Waals surface area contributed by atoms with Crippen LogP contribution in [0.5, 0.6) is 0 Å². The third-order valence-electron chi connectivity index (χ3n) is 2.30. The van der Waals surface area contributed by atoms with Crippen molar-refractivity contribution in [2.24, 2.45) is 0 Å². The van der Waals surface area contributed by atoms with Crippen LogP contribution >= 0.6 is 0 Å². The van der Waals surface area contributed by atoms with Gasteiger partial charge in [-0.2, -0.15) is 0 Å². The highest BCUT2D eigenvalue weighted by molar-refractivity contribution is 5.83. The molecule has 2 amide bonds. The SMILES string of the molecule is CC#CCNC(=O)N1CCC[C@@H]1C(=O)O. The van der Waals surface area contributed by atoms with Crippen molar-refractivity contribution in [3.63, 3.8) is 0 Å². The number of hydrogen-bond acceptors (Lipinski definition) is 2. The number of urea groups is 1. The van der Waals surface area contributed by atoms with Crippen LogP contribution in [0, 0.1) is 11.8 Å². The standard InChI is InChI=1S/C10H14N2O3/c1-2-3-6-11-10(15)12-7-4-5-8(12)9(13)14/h8H,4-7H2,1H3,(H,11,15)(H,13,14)/t8-/m1/s1. The Labute approximate surface area is 88.4 Å². The van der Waals surface area contributed by atoms with Gasteiger partial charge in [0.1, 0.15) is 6.04 Å². The summed E-state index contributed by atoms with van der Waals surface area (Å²) in [4.78, 5) is 23.7. The predicted molar refractivity (Wildman–Crippen MR) is 54.2 cm³/mol. The van der Waals surface area contributed by atoms with Crippen molar-refractivity contribution in [3.05, 3.63) is 0 Å². The molecule has 0 aromatic heterocycles. The maximum atomic E-state index is 11.5. The largest absolute Gasteiger partial charge is 0.480 e. The van der Waals surface area contributed by atoms with E-state index >= 15 is 0 Å². The first-order chi connectivity index (χ1) is 7.16. The van der Waals surface area contributed by atoms with E-state index in [0.717, 1.165) is 6.42 Å². The fraction of sp³-hybridized carbons (Fsp3) is 0.600. The zero-order chi connectivity index (χ0) is 11.3. The van der Waals surface area contributed by atoms with E-state index in [1.807, 2.05) is 0 Å². The van der Waals surface area contributed by atoms with Crippen molar-refractivity contribution in [3.8, 4) is 11.8 Å². The Morgan fingerprint density at radius 2 is 2.33 bits per heavy atom. The molecule has 0 saturated carbocycles. The van der Waals surface area contributed by atoms with Crippen molar-refractivity contribution in [1.29, 1.82) is 0 Å². The fourth-order valence-corrected chi connectivity index (χ4v) is 1.58. The highest BCUT2D eigenvalue weighted by Gasteiger charge is 2.33. The number of hydrogen-bond donors (Lipinski definition) is 2. The number of carboxylic acids is 1. The molecule has 0 bridgehead atoms. The fourth-order valence-electron chi connectivity index (χ4n) is 1.58. The summed E-state index contributed by atoms with van der Waals surface area (Å²) in [6.07, 6.45) is 1.27. The number of nitrogens with one attached hydrogen (secondary N) is 1. The Bertz CT molecular complexity index is 316. The van der Waals surface area contributed by atoms with Crippen molar-refractivity contribution in [1.82, 2.24) is 10.2 Å². The Balaban J connectivity index is 2.50. The molecule has 82 valence electrons. The third-order valence-corrected chi connectivity index (χ3v) is 2.30. The van der Waals surface area contributed by atoms with Crippen molar-refractivity contribution in [2.45, 2.75) is 25.8 Å². The van der Waals surface area contributed by atoms with Gasteiger partial charge in [-0.3, -0.25) is 0 Å². The molecule has 1 rings (SSSR count). The molecular weight excluding hydrogens is 196 g/mol. The summed E-state index contributed by atoms with van der Waals surface area (Å²) in [5.41, 5.74) is 0. The molecule has 1 aliphatic heterocycles. The Morgan fingerprint density at radius 3 is 2.93 bits per heavy atom. The van der Waals surface area contributed by atoms with Crippen molar-refractivity contribution >= 4 is 12.0 Å². The molecule has 5 heteroatoms. The summed E-state index contributed by atoms with van der Waals surface area (Å²) >= 11 is 0. The lowest BCUT2D eigenvalue weighted by molar-refractivity contribution is -0.141. The molecule has 0 aliphatic carbocycles. The molecule has 1 heterocycles. The van der Waals surface area contributed by atoms with Gasteiger partial charge in [0.15, 0.2) is 0 Å². The van der Waals surface area contributed by atoms with Crippen LogP contribution < -0.4 is 5.32 Å². The lowest BCUT2D eigenvalue weighted by atomic mass is 10.2. The van der Waals surface area contributed by atoms with Gasteiger partial charge >= 0.3 is 12.0 Å². The van der Waals surface area contributed by atoms with E-state index in [9.17, 15) is 9.59 Å². The lowest BCUT2D eigenvalue weighted by Crippen LogP contribution is -2.46. The second kappa shape index (κ2) is 5.25. The molecule has 0 unspecified atom stereocenters. The molecule has 1 aliphatic rings. The van der Waals surface area contributed by atoms with Gasteiger partial charge in [0.2, 0.25) is 0 Å². The third kappa shape index (κ3) is 2.88. The van der Waals surface area contributed by atoms with Crippen LogP contribution in [0.2, 0.25) is 0 Å². The maximum Gasteiger partial charge on any atom is 0.326 e. The number of likely N-dealkylation sites (tertiary alicyclic amines) is 1. The molecule has 15 heavy (non-hydrogen) atoms. The topological polar surface area (TPSA) is 69.6 Å². The number of rotatable bonds is 2. The smallest absolute Gasteiger partial charge is 0.326 e. The molecule has 1 saturated heterocycles. The number of amides is 2. The van der Waals surface area contributed by atoms with E-state index in [1.165, 1.54) is 4.90 Å². The summed E-state index contributed by atoms with van der Waals surface area (Å²) in [7, 11) is 0. The number of nitrogens with zero attached hydrogens (tertiary/aromatic N) is 1. The maximum absolute atomic E-state index is 11.5. The molecule has 5 nitrogen and oxygen atoms in total. The average molecular weight is 210 g/mol. The van der Waals surface area contributed by atoms with Crippen molar-refractivity contribution in [2.75, 3.05) is 13.1 Å². The quantitative estimate of drug-likeness (QED) is 0.643. The first kappa shape index (κ1) is 11.4. The summed E-state index contributed by atoms with van der Waals surface area (Å²) in [5, 5.41) is 11.4. The Morgan fingerprint density at radius 1 is 1.60 bits per heavy atom. The number of carbonyl (C=O) groups is 2. The van der Waals surface area contributed by atoms with Gasteiger partial charge < -0.3 is 15.3 Å². The van der Waals surface area contributed by atoms with Crippen LogP contribution in [0.4, 0.5) is 4.79 Å². The second-order valence-electron chi connectivity index (χ2n) is 3.28. The normalized spacial score (nSPS) is 19.3. The number of aliphatic carboxylic acids is 1. The lowest BCUT2D eigenvalue weighted by Gasteiger charge is -2.20. The summed E-state index contributed by atoms with van der Waals surface area (Å²) in [5.74, 6) is 4.40. The first-order valence-corrected chi connectivity index (χ1v) is 4.83. The van der Waals surface area contributed by atoms with Crippen LogP contribution in [0.3, 0.4) is 0 Å². The van der Waals surface area contributed by atoms with E-state index in [2.05, 4.69) is 17.2 Å². The predicted octanol–water partition coefficient (Wildman–Crippen LogP) is 0.268. The minimum absolute atomic E-state index is 0.262. The molecule has 1 atom stereocenters. The van der Waals surface area contributed by atoms with Crippen LogP contribution in [0.1, 0.15) is 19.8 Å². The molecule has 1 fully saturated rings. The number of carboxylic acid groups (broad SMARTS) is 1. The van der Waals surface area contributed by atoms with Gasteiger partial charge in [-0.1, -0.05) is 5.92 Å². The van der Waals surface area contributed by atoms with Crippen LogP contribution in [-0.4, -0.2) is 41.1 Å². The Hall–Kier alpha value is -1.70. The molecule has 0 aromatic rings. The monoisotopic (exact) mass is 210 g/mol. The van der Waals surface area contributed by atoms with E-state index in [0.29, 0.717) is 13.0 Å². The minimum atomic E-state index is -0.941. The van der Waals surface area contributed by atoms with Gasteiger partial charge in [-0.05, 0) is 19.8 Å². The molecular formula is C10H14N2O3. The number of carbonyl (C=O) groups excluding carboxylic acids is 1. The molecule has 0 radical (unpaired) electrons. The molecule has 2 N–H and O–H groups in total. The second-order valence-corrected chi connectivity index (χ2v) is 3.28. The van der Waals surface area contributed by atoms with Crippen LogP contribution in [0.15, 0.2) is 0 Å². The summed E-state index contributed by atoms with van der Waals surface area (Å²) < 4.78 is 0. The highest BCUT2D eigenvalue weighted by atomic mass is 16.4. The van der Waals surface area contributed by atoms with Gasteiger partial charge in [0.25, 0.3) is 0 Å². The van der Waals surface area contributed by atoms with E-state index in [4.69, 9.17) is 5.11 Å². The zero-order valence-electron chi connectivity index (χ0n) is 8.62. The van der Waals surface area contributed by atoms with Crippen LogP contribution in [-0.2, 0) is 4.79 Å². The summed E-state index contributed by atoms with van der Waals surface area (Å²) in [6, 6.07) is -1.03.